The van der Waals surface area contributed by atoms with Crippen molar-refractivity contribution in [3.63, 3.8) is 0 Å². The van der Waals surface area contributed by atoms with E-state index in [1.54, 1.807) is 30.3 Å². The fourth-order valence-electron chi connectivity index (χ4n) is 2.38. The van der Waals surface area contributed by atoms with Crippen molar-refractivity contribution in [1.29, 1.82) is 5.26 Å². The normalized spacial score (nSPS) is 12.0. The highest BCUT2D eigenvalue weighted by Crippen LogP contribution is 2.22. The van der Waals surface area contributed by atoms with Gasteiger partial charge in [-0.15, -0.1) is 0 Å². The molecule has 0 bridgehead atoms. The predicted octanol–water partition coefficient (Wildman–Crippen LogP) is 4.92. The number of nitrogens with zero attached hydrogens (tertiary/aromatic N) is 2. The van der Waals surface area contributed by atoms with E-state index in [9.17, 15) is 15.2 Å². The molecule has 2 N–H and O–H groups in total. The van der Waals surface area contributed by atoms with Crippen LogP contribution in [-0.4, -0.2) is 27.7 Å². The minimum Gasteiger partial charge on any atom is -0.507 e. The molecule has 0 aliphatic heterocycles. The third-order valence-electron chi connectivity index (χ3n) is 3.74. The van der Waals surface area contributed by atoms with Gasteiger partial charge in [0.15, 0.2) is 11.6 Å². The topological polar surface area (TPSA) is 99.0 Å². The van der Waals surface area contributed by atoms with Gasteiger partial charge in [-0.05, 0) is 35.9 Å². The summed E-state index contributed by atoms with van der Waals surface area (Å²) in [5.74, 6) is -0.923. The molecule has 2 aromatic carbocycles. The summed E-state index contributed by atoms with van der Waals surface area (Å²) >= 11 is 11.8. The Labute approximate surface area is 170 Å². The van der Waals surface area contributed by atoms with E-state index in [1.165, 1.54) is 6.08 Å². The van der Waals surface area contributed by atoms with Crippen LogP contribution in [0.1, 0.15) is 11.4 Å². The van der Waals surface area contributed by atoms with Crippen LogP contribution in [0, 0.1) is 11.3 Å². The van der Waals surface area contributed by atoms with Gasteiger partial charge in [0.2, 0.25) is 0 Å². The zero-order valence-electron chi connectivity index (χ0n) is 14.3. The van der Waals surface area contributed by atoms with Gasteiger partial charge in [0.25, 0.3) is 0 Å². The molecule has 0 amide bonds. The van der Waals surface area contributed by atoms with E-state index in [1.807, 2.05) is 18.2 Å². The number of imidazole rings is 1. The minimum absolute atomic E-state index is 0.103. The molecule has 0 aliphatic rings. The number of ether oxygens (including phenoxy) is 1. The number of aliphatic hydroxyl groups excluding tert-OH is 1. The van der Waals surface area contributed by atoms with Crippen LogP contribution in [0.15, 0.2) is 54.3 Å². The van der Waals surface area contributed by atoms with Gasteiger partial charge in [-0.3, -0.25) is 0 Å². The van der Waals surface area contributed by atoms with Crippen molar-refractivity contribution < 1.29 is 14.6 Å². The first kappa shape index (κ1) is 19.5. The van der Waals surface area contributed by atoms with E-state index < -0.39 is 18.3 Å². The van der Waals surface area contributed by atoms with Crippen molar-refractivity contribution >= 4 is 51.9 Å². The van der Waals surface area contributed by atoms with E-state index in [2.05, 4.69) is 9.97 Å². The summed E-state index contributed by atoms with van der Waals surface area (Å²) < 4.78 is 4.97. The number of H-pyrrole nitrogens is 1. The summed E-state index contributed by atoms with van der Waals surface area (Å²) in [6, 6.07) is 13.9. The van der Waals surface area contributed by atoms with Crippen molar-refractivity contribution in [2.75, 3.05) is 6.61 Å². The Hall–Kier alpha value is -3.27. The second-order valence-corrected chi connectivity index (χ2v) is 6.49. The van der Waals surface area contributed by atoms with E-state index in [4.69, 9.17) is 27.9 Å². The fraction of sp³-hybridized carbons (Fsp3) is 0.0500. The molecule has 28 heavy (non-hydrogen) atoms. The number of carbonyl (C=O) groups is 1. The van der Waals surface area contributed by atoms with Crippen LogP contribution < -0.4 is 0 Å². The lowest BCUT2D eigenvalue weighted by Crippen LogP contribution is -2.06. The minimum atomic E-state index is -0.709. The molecule has 1 aromatic heterocycles. The Morgan fingerprint density at radius 3 is 2.79 bits per heavy atom. The zero-order valence-corrected chi connectivity index (χ0v) is 15.8. The number of rotatable bonds is 5. The number of nitriles is 1. The molecule has 0 atom stereocenters. The number of aromatic amines is 1. The number of carbonyl (C=O) groups excluding carboxylic acids is 1. The Morgan fingerprint density at radius 1 is 1.29 bits per heavy atom. The molecule has 0 radical (unpaired) electrons. The van der Waals surface area contributed by atoms with Gasteiger partial charge in [-0.2, -0.15) is 5.26 Å². The lowest BCUT2D eigenvalue weighted by Gasteiger charge is -2.03. The summed E-state index contributed by atoms with van der Waals surface area (Å²) in [7, 11) is 0. The number of para-hydroxylation sites is 2. The van der Waals surface area contributed by atoms with E-state index in [-0.39, 0.29) is 11.4 Å². The Morgan fingerprint density at radius 2 is 2.07 bits per heavy atom. The number of benzene rings is 2. The van der Waals surface area contributed by atoms with Crippen LogP contribution in [0.3, 0.4) is 0 Å². The van der Waals surface area contributed by atoms with Crippen LogP contribution >= 0.6 is 23.2 Å². The van der Waals surface area contributed by atoms with Gasteiger partial charge in [-0.1, -0.05) is 41.4 Å². The van der Waals surface area contributed by atoms with Gasteiger partial charge < -0.3 is 14.8 Å². The van der Waals surface area contributed by atoms with Gasteiger partial charge in [0.05, 0.1) is 11.0 Å². The molecule has 140 valence electrons. The monoisotopic (exact) mass is 413 g/mol. The number of aliphatic hydroxyl groups is 1. The molecule has 0 saturated carbocycles. The Bertz CT molecular complexity index is 1110. The van der Waals surface area contributed by atoms with Crippen molar-refractivity contribution in [1.82, 2.24) is 9.97 Å². The molecular formula is C20H13Cl2N3O3. The SMILES string of the molecule is N#CC(=C(O)COC(=O)/C=C/c1ccc(Cl)cc1Cl)c1nc2ccccc2[nH]1. The maximum absolute atomic E-state index is 11.9. The van der Waals surface area contributed by atoms with Crippen LogP contribution in [0.2, 0.25) is 10.0 Å². The maximum atomic E-state index is 11.9. The van der Waals surface area contributed by atoms with Crippen molar-refractivity contribution in [2.45, 2.75) is 0 Å². The summed E-state index contributed by atoms with van der Waals surface area (Å²) in [5.41, 5.74) is 1.85. The van der Waals surface area contributed by atoms with Crippen LogP contribution in [-0.2, 0) is 9.53 Å². The average Bonchev–Trinajstić information content (AvgIpc) is 3.10. The average molecular weight is 414 g/mol. The number of aromatic nitrogens is 2. The number of hydrogen-bond donors (Lipinski definition) is 2. The van der Waals surface area contributed by atoms with Gasteiger partial charge in [0.1, 0.15) is 18.2 Å². The number of allylic oxidation sites excluding steroid dienone is 1. The number of esters is 1. The smallest absolute Gasteiger partial charge is 0.331 e. The second-order valence-electron chi connectivity index (χ2n) is 5.64. The summed E-state index contributed by atoms with van der Waals surface area (Å²) in [6.45, 7) is -0.475. The fourth-order valence-corrected chi connectivity index (χ4v) is 2.85. The van der Waals surface area contributed by atoms with Crippen LogP contribution in [0.4, 0.5) is 0 Å². The molecule has 1 heterocycles. The highest BCUT2D eigenvalue weighted by molar-refractivity contribution is 6.35. The molecule has 0 saturated heterocycles. The molecule has 8 heteroatoms. The molecule has 3 rings (SSSR count). The maximum Gasteiger partial charge on any atom is 0.331 e. The van der Waals surface area contributed by atoms with Crippen molar-refractivity contribution in [3.05, 3.63) is 75.7 Å². The first-order valence-electron chi connectivity index (χ1n) is 8.05. The molecule has 0 aliphatic carbocycles. The lowest BCUT2D eigenvalue weighted by atomic mass is 10.2. The summed E-state index contributed by atoms with van der Waals surface area (Å²) in [6.07, 6.45) is 2.63. The lowest BCUT2D eigenvalue weighted by molar-refractivity contribution is -0.137. The third kappa shape index (κ3) is 4.52. The first-order chi connectivity index (χ1) is 13.5. The molecule has 3 aromatic rings. The summed E-state index contributed by atoms with van der Waals surface area (Å²) in [4.78, 5) is 19.1. The Balaban J connectivity index is 1.70. The molecule has 0 fully saturated rings. The van der Waals surface area contributed by atoms with Crippen LogP contribution in [0.5, 0.6) is 0 Å². The zero-order chi connectivity index (χ0) is 20.1. The predicted molar refractivity (Wildman–Crippen MR) is 108 cm³/mol. The molecule has 0 spiro atoms. The number of nitrogens with one attached hydrogen (secondary N) is 1. The molecular weight excluding hydrogens is 401 g/mol. The van der Waals surface area contributed by atoms with Gasteiger partial charge in [-0.25, -0.2) is 9.78 Å². The highest BCUT2D eigenvalue weighted by Gasteiger charge is 2.14. The van der Waals surface area contributed by atoms with Crippen LogP contribution in [0.25, 0.3) is 22.7 Å². The Kier molecular flexibility index (Phi) is 5.99. The van der Waals surface area contributed by atoms with Crippen molar-refractivity contribution in [2.24, 2.45) is 0 Å². The second kappa shape index (κ2) is 8.61. The quantitative estimate of drug-likeness (QED) is 0.267. The summed E-state index contributed by atoms with van der Waals surface area (Å²) in [5, 5.41) is 20.4. The number of hydrogen-bond acceptors (Lipinski definition) is 5. The number of fused-ring (bicyclic) bond motifs is 1. The van der Waals surface area contributed by atoms with Gasteiger partial charge in [0, 0.05) is 16.1 Å². The van der Waals surface area contributed by atoms with E-state index in [0.717, 1.165) is 11.6 Å². The van der Waals surface area contributed by atoms with E-state index >= 15 is 0 Å². The molecule has 6 nitrogen and oxygen atoms in total. The number of halogens is 2. The highest BCUT2D eigenvalue weighted by atomic mass is 35.5. The first-order valence-corrected chi connectivity index (χ1v) is 8.80. The third-order valence-corrected chi connectivity index (χ3v) is 4.30. The largest absolute Gasteiger partial charge is 0.507 e. The van der Waals surface area contributed by atoms with E-state index in [0.29, 0.717) is 21.1 Å². The standard InChI is InChI=1S/C20H13Cl2N3O3/c21-13-7-5-12(15(22)9-13)6-8-19(27)28-11-18(26)14(10-23)20-24-16-3-1-2-4-17(16)25-20/h1-9,26H,11H2,(H,24,25)/b8-6+,18-14?. The molecule has 0 unspecified atom stereocenters. The van der Waals surface area contributed by atoms with Gasteiger partial charge >= 0.3 is 5.97 Å². The van der Waals surface area contributed by atoms with Crippen molar-refractivity contribution in [3.8, 4) is 6.07 Å².